The SMILES string of the molecule is CCCc1nc(-c2cnccn2)sc1CN. The van der Waals surface area contributed by atoms with Crippen LogP contribution in [0.4, 0.5) is 0 Å². The van der Waals surface area contributed by atoms with Crippen molar-refractivity contribution in [3.05, 3.63) is 29.2 Å². The summed E-state index contributed by atoms with van der Waals surface area (Å²) in [6, 6.07) is 0. The van der Waals surface area contributed by atoms with Crippen LogP contribution in [0.1, 0.15) is 23.9 Å². The summed E-state index contributed by atoms with van der Waals surface area (Å²) in [6.07, 6.45) is 7.13. The molecule has 0 aromatic carbocycles. The quantitative estimate of drug-likeness (QED) is 0.879. The molecule has 0 atom stereocenters. The number of nitrogens with zero attached hydrogens (tertiary/aromatic N) is 3. The molecule has 2 rings (SSSR count). The molecule has 2 heterocycles. The highest BCUT2D eigenvalue weighted by molar-refractivity contribution is 7.15. The molecular weight excluding hydrogens is 220 g/mol. The summed E-state index contributed by atoms with van der Waals surface area (Å²) in [5.74, 6) is 0. The van der Waals surface area contributed by atoms with E-state index in [2.05, 4.69) is 21.9 Å². The minimum absolute atomic E-state index is 0.549. The lowest BCUT2D eigenvalue weighted by Gasteiger charge is -1.94. The molecule has 16 heavy (non-hydrogen) atoms. The van der Waals surface area contributed by atoms with E-state index in [0.29, 0.717) is 6.54 Å². The van der Waals surface area contributed by atoms with E-state index in [1.165, 1.54) is 0 Å². The average Bonchev–Trinajstić information content (AvgIpc) is 2.74. The summed E-state index contributed by atoms with van der Waals surface area (Å²) < 4.78 is 0. The molecular formula is C11H14N4S. The first-order valence-corrected chi connectivity index (χ1v) is 6.11. The van der Waals surface area contributed by atoms with E-state index < -0.39 is 0 Å². The van der Waals surface area contributed by atoms with Crippen LogP contribution in [0.2, 0.25) is 0 Å². The van der Waals surface area contributed by atoms with Crippen LogP contribution in [0, 0.1) is 0 Å². The van der Waals surface area contributed by atoms with Crippen molar-refractivity contribution in [1.82, 2.24) is 15.0 Å². The second-order valence-corrected chi connectivity index (χ2v) is 4.52. The van der Waals surface area contributed by atoms with E-state index in [4.69, 9.17) is 5.73 Å². The molecule has 0 unspecified atom stereocenters. The number of aryl methyl sites for hydroxylation is 1. The zero-order chi connectivity index (χ0) is 11.4. The number of hydrogen-bond acceptors (Lipinski definition) is 5. The molecule has 0 radical (unpaired) electrons. The number of thiazole rings is 1. The van der Waals surface area contributed by atoms with Crippen molar-refractivity contribution in [3.63, 3.8) is 0 Å². The lowest BCUT2D eigenvalue weighted by molar-refractivity contribution is 0.871. The largest absolute Gasteiger partial charge is 0.326 e. The topological polar surface area (TPSA) is 64.7 Å². The van der Waals surface area contributed by atoms with Crippen molar-refractivity contribution in [1.29, 1.82) is 0 Å². The highest BCUT2D eigenvalue weighted by Crippen LogP contribution is 2.26. The zero-order valence-corrected chi connectivity index (χ0v) is 10.00. The first-order chi connectivity index (χ1) is 7.85. The number of nitrogens with two attached hydrogens (primary N) is 1. The van der Waals surface area contributed by atoms with Crippen LogP contribution in [-0.4, -0.2) is 15.0 Å². The molecule has 0 saturated heterocycles. The second kappa shape index (κ2) is 5.14. The lowest BCUT2D eigenvalue weighted by atomic mass is 10.2. The molecule has 0 aliphatic rings. The third-order valence-corrected chi connectivity index (χ3v) is 3.38. The Balaban J connectivity index is 2.36. The fourth-order valence-electron chi connectivity index (χ4n) is 1.49. The standard InChI is InChI=1S/C11H14N4S/c1-2-3-8-10(6-12)16-11(15-8)9-7-13-4-5-14-9/h4-5,7H,2-3,6,12H2,1H3. The number of rotatable bonds is 4. The Morgan fingerprint density at radius 1 is 1.38 bits per heavy atom. The van der Waals surface area contributed by atoms with Gasteiger partial charge in [-0.15, -0.1) is 11.3 Å². The normalized spacial score (nSPS) is 10.6. The Bertz CT molecular complexity index is 452. The zero-order valence-electron chi connectivity index (χ0n) is 9.18. The third kappa shape index (κ3) is 2.25. The molecule has 5 heteroatoms. The van der Waals surface area contributed by atoms with Gasteiger partial charge in [-0.1, -0.05) is 13.3 Å². The minimum Gasteiger partial charge on any atom is -0.326 e. The van der Waals surface area contributed by atoms with Gasteiger partial charge in [-0.3, -0.25) is 9.97 Å². The molecule has 84 valence electrons. The van der Waals surface area contributed by atoms with Gasteiger partial charge in [-0.2, -0.15) is 0 Å². The highest BCUT2D eigenvalue weighted by Gasteiger charge is 2.11. The van der Waals surface area contributed by atoms with Crippen LogP contribution in [0.3, 0.4) is 0 Å². The maximum Gasteiger partial charge on any atom is 0.144 e. The average molecular weight is 234 g/mol. The van der Waals surface area contributed by atoms with Crippen LogP contribution >= 0.6 is 11.3 Å². The Labute approximate surface area is 98.6 Å². The summed E-state index contributed by atoms with van der Waals surface area (Å²) in [7, 11) is 0. The van der Waals surface area contributed by atoms with Crippen molar-refractivity contribution in [2.45, 2.75) is 26.3 Å². The van der Waals surface area contributed by atoms with Crippen molar-refractivity contribution in [3.8, 4) is 10.7 Å². The van der Waals surface area contributed by atoms with Crippen LogP contribution in [0.25, 0.3) is 10.7 Å². The van der Waals surface area contributed by atoms with Gasteiger partial charge in [0.2, 0.25) is 0 Å². The van der Waals surface area contributed by atoms with Crippen LogP contribution in [-0.2, 0) is 13.0 Å². The Hall–Kier alpha value is -1.33. The Kier molecular flexibility index (Phi) is 3.58. The third-order valence-electron chi connectivity index (χ3n) is 2.23. The molecule has 0 aliphatic carbocycles. The van der Waals surface area contributed by atoms with Gasteiger partial charge in [0.05, 0.1) is 11.9 Å². The smallest absolute Gasteiger partial charge is 0.144 e. The van der Waals surface area contributed by atoms with Gasteiger partial charge in [-0.25, -0.2) is 4.98 Å². The van der Waals surface area contributed by atoms with Crippen molar-refractivity contribution < 1.29 is 0 Å². The molecule has 0 saturated carbocycles. The summed E-state index contributed by atoms with van der Waals surface area (Å²) in [6.45, 7) is 2.69. The van der Waals surface area contributed by atoms with E-state index in [0.717, 1.165) is 34.1 Å². The summed E-state index contributed by atoms with van der Waals surface area (Å²) >= 11 is 1.61. The molecule has 0 fully saturated rings. The van der Waals surface area contributed by atoms with Gasteiger partial charge in [-0.05, 0) is 6.42 Å². The van der Waals surface area contributed by atoms with E-state index in [9.17, 15) is 0 Å². The first-order valence-electron chi connectivity index (χ1n) is 5.30. The molecule has 2 N–H and O–H groups in total. The van der Waals surface area contributed by atoms with Crippen LogP contribution in [0.5, 0.6) is 0 Å². The summed E-state index contributed by atoms with van der Waals surface area (Å²) in [4.78, 5) is 14.0. The Morgan fingerprint density at radius 2 is 2.25 bits per heavy atom. The Morgan fingerprint density at radius 3 is 2.88 bits per heavy atom. The molecule has 0 aliphatic heterocycles. The van der Waals surface area contributed by atoms with Crippen molar-refractivity contribution >= 4 is 11.3 Å². The van der Waals surface area contributed by atoms with Gasteiger partial charge in [0.25, 0.3) is 0 Å². The predicted molar refractivity (Wildman–Crippen MR) is 65.0 cm³/mol. The lowest BCUT2D eigenvalue weighted by Crippen LogP contribution is -1.97. The maximum absolute atomic E-state index is 5.71. The van der Waals surface area contributed by atoms with E-state index in [-0.39, 0.29) is 0 Å². The molecule has 2 aromatic rings. The molecule has 0 bridgehead atoms. The van der Waals surface area contributed by atoms with E-state index in [1.807, 2.05) is 0 Å². The first kappa shape index (κ1) is 11.2. The number of aromatic nitrogens is 3. The van der Waals surface area contributed by atoms with Gasteiger partial charge in [0.15, 0.2) is 0 Å². The minimum atomic E-state index is 0.549. The van der Waals surface area contributed by atoms with Gasteiger partial charge in [0, 0.05) is 23.8 Å². The summed E-state index contributed by atoms with van der Waals surface area (Å²) in [5, 5.41) is 0.914. The maximum atomic E-state index is 5.71. The molecule has 0 amide bonds. The fraction of sp³-hybridized carbons (Fsp3) is 0.364. The molecule has 0 spiro atoms. The second-order valence-electron chi connectivity index (χ2n) is 3.43. The van der Waals surface area contributed by atoms with Crippen molar-refractivity contribution in [2.24, 2.45) is 5.73 Å². The van der Waals surface area contributed by atoms with Gasteiger partial charge >= 0.3 is 0 Å². The van der Waals surface area contributed by atoms with Crippen LogP contribution in [0.15, 0.2) is 18.6 Å². The fourth-order valence-corrected chi connectivity index (χ4v) is 2.44. The molecule has 2 aromatic heterocycles. The predicted octanol–water partition coefficient (Wildman–Crippen LogP) is 2.01. The van der Waals surface area contributed by atoms with Gasteiger partial charge in [0.1, 0.15) is 10.7 Å². The molecule has 4 nitrogen and oxygen atoms in total. The van der Waals surface area contributed by atoms with E-state index >= 15 is 0 Å². The van der Waals surface area contributed by atoms with Crippen molar-refractivity contribution in [2.75, 3.05) is 0 Å². The number of hydrogen-bond donors (Lipinski definition) is 1. The van der Waals surface area contributed by atoms with Gasteiger partial charge < -0.3 is 5.73 Å². The monoisotopic (exact) mass is 234 g/mol. The van der Waals surface area contributed by atoms with E-state index in [1.54, 1.807) is 29.9 Å². The van der Waals surface area contributed by atoms with Crippen LogP contribution < -0.4 is 5.73 Å². The highest BCUT2D eigenvalue weighted by atomic mass is 32.1. The summed E-state index contributed by atoms with van der Waals surface area (Å²) in [5.41, 5.74) is 7.64.